The summed E-state index contributed by atoms with van der Waals surface area (Å²) in [6, 6.07) is 38.6. The molecule has 8 aromatic rings. The van der Waals surface area contributed by atoms with Crippen molar-refractivity contribution < 1.29 is 0 Å². The third-order valence-electron chi connectivity index (χ3n) is 11.9. The first-order chi connectivity index (χ1) is 25.3. The largest absolute Gasteiger partial charge is 0.294 e. The number of pyridine rings is 1. The quantitative estimate of drug-likeness (QED) is 0.197. The first kappa shape index (κ1) is 35.8. The average Bonchev–Trinajstić information content (AvgIpc) is 3.79. The predicted octanol–water partition coefficient (Wildman–Crippen LogP) is 13.0. The number of hydrogen-bond donors (Lipinski definition) is 1. The molecule has 0 aliphatic rings. The van der Waals surface area contributed by atoms with Crippen molar-refractivity contribution in [3.63, 3.8) is 0 Å². The van der Waals surface area contributed by atoms with E-state index in [1.54, 1.807) is 0 Å². The summed E-state index contributed by atoms with van der Waals surface area (Å²) in [6.45, 7) is 27.9. The van der Waals surface area contributed by atoms with Gasteiger partial charge in [-0.2, -0.15) is 5.10 Å². The molecule has 4 heterocycles. The highest BCUT2D eigenvalue weighted by atomic mass is 15.2. The summed E-state index contributed by atoms with van der Waals surface area (Å²) in [5, 5.41) is 13.2. The molecule has 0 saturated heterocycles. The number of hydrogen-bond acceptors (Lipinski definition) is 2. The molecule has 4 aromatic carbocycles. The fourth-order valence-electron chi connectivity index (χ4n) is 9.74. The fraction of sp³-hybridized carbons (Fsp3) is 0.347. The number of aromatic amines is 1. The van der Waals surface area contributed by atoms with Crippen LogP contribution < -0.4 is 0 Å². The first-order valence-corrected chi connectivity index (χ1v) is 19.4. The molecule has 0 radical (unpaired) electrons. The second kappa shape index (κ2) is 11.9. The zero-order valence-corrected chi connectivity index (χ0v) is 34.2. The third-order valence-corrected chi connectivity index (χ3v) is 11.9. The van der Waals surface area contributed by atoms with Crippen molar-refractivity contribution in [1.82, 2.24) is 24.3 Å². The fourth-order valence-corrected chi connectivity index (χ4v) is 9.74. The van der Waals surface area contributed by atoms with Crippen molar-refractivity contribution in [1.29, 1.82) is 0 Å². The molecule has 0 unspecified atom stereocenters. The topological polar surface area (TPSA) is 51.4 Å². The maximum atomic E-state index is 5.01. The zero-order valence-electron chi connectivity index (χ0n) is 34.2. The van der Waals surface area contributed by atoms with E-state index in [0.717, 1.165) is 28.4 Å². The highest BCUT2D eigenvalue weighted by Gasteiger charge is 2.53. The molecule has 276 valence electrons. The lowest BCUT2D eigenvalue weighted by Crippen LogP contribution is -2.51. The van der Waals surface area contributed by atoms with Crippen LogP contribution in [0.2, 0.25) is 0 Å². The summed E-state index contributed by atoms with van der Waals surface area (Å²) < 4.78 is 4.73. The van der Waals surface area contributed by atoms with E-state index in [1.165, 1.54) is 49.3 Å². The Kier molecular flexibility index (Phi) is 7.91. The SMILES string of the molecule is CC(C)(C)c1ccnc(-n2c3ccccc3c3ccc(C(c4ccc5c6ccccc6n(-c6cc(C(C)(C)C)[nH]n6)c5c4)(C(C)(C)C)C(C)(C)C)cc32)c1. The summed E-state index contributed by atoms with van der Waals surface area (Å²) in [7, 11) is 0. The van der Waals surface area contributed by atoms with Gasteiger partial charge in [0, 0.05) is 50.3 Å². The molecular formula is C49H55N5. The van der Waals surface area contributed by atoms with Crippen LogP contribution in [-0.4, -0.2) is 24.3 Å². The summed E-state index contributed by atoms with van der Waals surface area (Å²) in [5.41, 5.74) is 8.80. The van der Waals surface area contributed by atoms with Gasteiger partial charge in [0.15, 0.2) is 5.82 Å². The van der Waals surface area contributed by atoms with Crippen molar-refractivity contribution in [3.05, 3.63) is 132 Å². The maximum absolute atomic E-state index is 5.01. The Labute approximate surface area is 320 Å². The van der Waals surface area contributed by atoms with Gasteiger partial charge in [-0.25, -0.2) is 4.98 Å². The van der Waals surface area contributed by atoms with E-state index >= 15 is 0 Å². The van der Waals surface area contributed by atoms with Crippen LogP contribution in [-0.2, 0) is 16.2 Å². The van der Waals surface area contributed by atoms with E-state index in [9.17, 15) is 0 Å². The molecule has 0 fully saturated rings. The predicted molar refractivity (Wildman–Crippen MR) is 229 cm³/mol. The van der Waals surface area contributed by atoms with Crippen LogP contribution in [0.5, 0.6) is 0 Å². The number of nitrogens with one attached hydrogen (secondary N) is 1. The molecule has 0 aliphatic carbocycles. The molecule has 1 N–H and O–H groups in total. The summed E-state index contributed by atoms with van der Waals surface area (Å²) in [5.74, 6) is 1.86. The smallest absolute Gasteiger partial charge is 0.159 e. The minimum absolute atomic E-state index is 0.000569. The molecule has 5 nitrogen and oxygen atoms in total. The van der Waals surface area contributed by atoms with E-state index in [1.807, 2.05) is 6.20 Å². The Morgan fingerprint density at radius 2 is 0.926 bits per heavy atom. The third kappa shape index (κ3) is 5.33. The molecule has 0 bridgehead atoms. The monoisotopic (exact) mass is 713 g/mol. The number of fused-ring (bicyclic) bond motifs is 6. The Morgan fingerprint density at radius 1 is 0.444 bits per heavy atom. The van der Waals surface area contributed by atoms with Gasteiger partial charge in [-0.3, -0.25) is 14.2 Å². The van der Waals surface area contributed by atoms with Gasteiger partial charge in [-0.05, 0) is 69.3 Å². The number of rotatable bonds is 4. The van der Waals surface area contributed by atoms with Crippen LogP contribution >= 0.6 is 0 Å². The lowest BCUT2D eigenvalue weighted by molar-refractivity contribution is 0.0909. The van der Waals surface area contributed by atoms with Crippen molar-refractivity contribution in [2.24, 2.45) is 10.8 Å². The van der Waals surface area contributed by atoms with Gasteiger partial charge in [-0.1, -0.05) is 144 Å². The van der Waals surface area contributed by atoms with E-state index in [0.29, 0.717) is 0 Å². The van der Waals surface area contributed by atoms with E-state index < -0.39 is 5.41 Å². The van der Waals surface area contributed by atoms with Crippen LogP contribution in [0.25, 0.3) is 55.2 Å². The number of benzene rings is 4. The van der Waals surface area contributed by atoms with Crippen molar-refractivity contribution in [3.8, 4) is 11.6 Å². The van der Waals surface area contributed by atoms with Crippen molar-refractivity contribution in [2.75, 3.05) is 0 Å². The summed E-state index contributed by atoms with van der Waals surface area (Å²) in [4.78, 5) is 5.01. The van der Waals surface area contributed by atoms with Crippen LogP contribution in [0.15, 0.2) is 109 Å². The van der Waals surface area contributed by atoms with Crippen molar-refractivity contribution in [2.45, 2.75) is 99.3 Å². The maximum Gasteiger partial charge on any atom is 0.159 e. The number of nitrogens with zero attached hydrogens (tertiary/aromatic N) is 4. The van der Waals surface area contributed by atoms with Gasteiger partial charge < -0.3 is 0 Å². The molecule has 0 spiro atoms. The Morgan fingerprint density at radius 3 is 1.39 bits per heavy atom. The second-order valence-electron chi connectivity index (χ2n) is 19.5. The Balaban J connectivity index is 1.45. The standard InChI is InChI=1S/C49H55N5/c1-45(2,3)31-25-26-50-43(29-31)53-38-19-15-13-17-34(38)36-23-21-32(27-40(36)53)49(47(7,8)9,48(10,11)12)33-22-24-37-35-18-14-16-20-39(35)54(41(37)28-33)44-30-42(51-52-44)46(4,5)6/h13-30H,1-12H3,(H,51,52). The molecule has 8 rings (SSSR count). The highest BCUT2D eigenvalue weighted by Crippen LogP contribution is 2.58. The molecule has 54 heavy (non-hydrogen) atoms. The number of para-hydroxylation sites is 2. The van der Waals surface area contributed by atoms with Crippen LogP contribution in [0.1, 0.15) is 105 Å². The minimum Gasteiger partial charge on any atom is -0.294 e. The van der Waals surface area contributed by atoms with Crippen LogP contribution in [0.3, 0.4) is 0 Å². The minimum atomic E-state index is -0.409. The Bertz CT molecular complexity index is 2690. The van der Waals surface area contributed by atoms with Crippen LogP contribution in [0, 0.1) is 10.8 Å². The lowest BCUT2D eigenvalue weighted by Gasteiger charge is -2.55. The van der Waals surface area contributed by atoms with E-state index in [4.69, 9.17) is 10.1 Å². The first-order valence-electron chi connectivity index (χ1n) is 19.4. The van der Waals surface area contributed by atoms with Crippen molar-refractivity contribution >= 4 is 43.6 Å². The second-order valence-corrected chi connectivity index (χ2v) is 19.5. The number of aromatic nitrogens is 5. The molecule has 4 aromatic heterocycles. The molecule has 0 atom stereocenters. The van der Waals surface area contributed by atoms with Gasteiger partial charge in [0.25, 0.3) is 0 Å². The molecule has 0 amide bonds. The zero-order chi connectivity index (χ0) is 38.6. The van der Waals surface area contributed by atoms with Gasteiger partial charge in [0.05, 0.1) is 22.1 Å². The Hall–Kier alpha value is -5.16. The summed E-state index contributed by atoms with van der Waals surface area (Å²) >= 11 is 0. The molecular weight excluding hydrogens is 659 g/mol. The van der Waals surface area contributed by atoms with Gasteiger partial charge in [0.2, 0.25) is 0 Å². The molecule has 0 saturated carbocycles. The van der Waals surface area contributed by atoms with Gasteiger partial charge >= 0.3 is 0 Å². The van der Waals surface area contributed by atoms with E-state index in [2.05, 4.69) is 200 Å². The van der Waals surface area contributed by atoms with Crippen LogP contribution in [0.4, 0.5) is 0 Å². The highest BCUT2D eigenvalue weighted by molar-refractivity contribution is 6.10. The average molecular weight is 714 g/mol. The van der Waals surface area contributed by atoms with Gasteiger partial charge in [0.1, 0.15) is 5.82 Å². The molecule has 5 heteroatoms. The van der Waals surface area contributed by atoms with Gasteiger partial charge in [-0.15, -0.1) is 0 Å². The van der Waals surface area contributed by atoms with E-state index in [-0.39, 0.29) is 21.7 Å². The number of H-pyrrole nitrogens is 1. The normalized spacial score (nSPS) is 13.6. The summed E-state index contributed by atoms with van der Waals surface area (Å²) in [6.07, 6.45) is 1.97. The lowest BCUT2D eigenvalue weighted by atomic mass is 9.48. The molecule has 0 aliphatic heterocycles.